The van der Waals surface area contributed by atoms with Crippen molar-refractivity contribution < 1.29 is 0 Å². The van der Waals surface area contributed by atoms with Crippen molar-refractivity contribution in [1.29, 1.82) is 0 Å². The van der Waals surface area contributed by atoms with Crippen LogP contribution in [0, 0.1) is 0 Å². The minimum atomic E-state index is 0.675. The fourth-order valence-electron chi connectivity index (χ4n) is 1.69. The van der Waals surface area contributed by atoms with Gasteiger partial charge in [0, 0.05) is 18.6 Å². The molecule has 0 aromatic carbocycles. The van der Waals surface area contributed by atoms with Crippen LogP contribution in [0.15, 0.2) is 17.8 Å². The molecule has 0 N–H and O–H groups in total. The van der Waals surface area contributed by atoms with Gasteiger partial charge in [-0.1, -0.05) is 15.8 Å². The van der Waals surface area contributed by atoms with Crippen LogP contribution in [-0.4, -0.2) is 39.2 Å². The highest BCUT2D eigenvalue weighted by molar-refractivity contribution is 7.20. The molecule has 0 aliphatic carbocycles. The molecular formula is C9H6N8S2. The number of hydrogen-bond acceptors (Lipinski definition) is 8. The smallest absolute Gasteiger partial charge is 0.235 e. The average molecular weight is 290 g/mol. The van der Waals surface area contributed by atoms with E-state index in [1.54, 1.807) is 15.4 Å². The summed E-state index contributed by atoms with van der Waals surface area (Å²) in [5, 5.41) is 23.5. The van der Waals surface area contributed by atoms with Crippen LogP contribution in [0.3, 0.4) is 0 Å². The molecule has 4 rings (SSSR count). The lowest BCUT2D eigenvalue weighted by Gasteiger charge is -1.89. The summed E-state index contributed by atoms with van der Waals surface area (Å²) in [7, 11) is 1.86. The highest BCUT2D eigenvalue weighted by atomic mass is 32.1. The van der Waals surface area contributed by atoms with E-state index in [2.05, 4.69) is 30.0 Å². The van der Waals surface area contributed by atoms with Gasteiger partial charge < -0.3 is 0 Å². The van der Waals surface area contributed by atoms with Gasteiger partial charge in [-0.2, -0.15) is 14.7 Å². The first-order valence-electron chi connectivity index (χ1n) is 5.30. The predicted octanol–water partition coefficient (Wildman–Crippen LogP) is 1.10. The highest BCUT2D eigenvalue weighted by Crippen LogP contribution is 2.26. The van der Waals surface area contributed by atoms with Gasteiger partial charge in [-0.15, -0.1) is 15.3 Å². The van der Waals surface area contributed by atoms with Gasteiger partial charge in [-0.3, -0.25) is 4.68 Å². The lowest BCUT2D eigenvalue weighted by atomic mass is 10.3. The molecule has 0 atom stereocenters. The van der Waals surface area contributed by atoms with E-state index >= 15 is 0 Å². The van der Waals surface area contributed by atoms with Crippen molar-refractivity contribution in [1.82, 2.24) is 39.2 Å². The normalized spacial score (nSPS) is 11.4. The molecule has 0 aliphatic heterocycles. The molecule has 0 aliphatic rings. The van der Waals surface area contributed by atoms with E-state index < -0.39 is 0 Å². The zero-order valence-corrected chi connectivity index (χ0v) is 11.3. The van der Waals surface area contributed by atoms with Crippen molar-refractivity contribution in [3.8, 4) is 22.1 Å². The van der Waals surface area contributed by atoms with Gasteiger partial charge in [0.25, 0.3) is 0 Å². The number of aryl methyl sites for hydroxylation is 1. The molecule has 4 heterocycles. The molecule has 0 saturated carbocycles. The molecule has 4 aromatic heterocycles. The van der Waals surface area contributed by atoms with Crippen LogP contribution in [0.2, 0.25) is 0 Å². The van der Waals surface area contributed by atoms with Gasteiger partial charge in [-0.25, -0.2) is 0 Å². The van der Waals surface area contributed by atoms with Gasteiger partial charge in [0.2, 0.25) is 4.96 Å². The second-order valence-electron chi connectivity index (χ2n) is 3.82. The first-order chi connectivity index (χ1) is 9.31. The second kappa shape index (κ2) is 3.90. The van der Waals surface area contributed by atoms with Crippen LogP contribution in [-0.2, 0) is 7.05 Å². The molecule has 0 spiro atoms. The number of nitrogens with zero attached hydrogens (tertiary/aromatic N) is 8. The maximum absolute atomic E-state index is 4.48. The van der Waals surface area contributed by atoms with Crippen LogP contribution in [0.5, 0.6) is 0 Å². The zero-order chi connectivity index (χ0) is 12.8. The van der Waals surface area contributed by atoms with Crippen molar-refractivity contribution >= 4 is 27.8 Å². The Hall–Kier alpha value is -2.20. The molecule has 0 saturated heterocycles. The predicted molar refractivity (Wildman–Crippen MR) is 69.8 cm³/mol. The van der Waals surface area contributed by atoms with E-state index in [4.69, 9.17) is 0 Å². The van der Waals surface area contributed by atoms with E-state index in [-0.39, 0.29) is 0 Å². The monoisotopic (exact) mass is 290 g/mol. The summed E-state index contributed by atoms with van der Waals surface area (Å²) in [6.45, 7) is 0. The Balaban J connectivity index is 1.89. The summed E-state index contributed by atoms with van der Waals surface area (Å²) < 4.78 is 7.26. The molecule has 19 heavy (non-hydrogen) atoms. The van der Waals surface area contributed by atoms with Crippen LogP contribution in [0.25, 0.3) is 27.1 Å². The third-order valence-corrected chi connectivity index (χ3v) is 3.96. The number of aromatic nitrogens is 8. The van der Waals surface area contributed by atoms with Gasteiger partial charge in [0.05, 0.1) is 11.8 Å². The maximum Gasteiger partial charge on any atom is 0.235 e. The molecule has 0 amide bonds. The summed E-state index contributed by atoms with van der Waals surface area (Å²) in [5.74, 6) is 0.675. The molecule has 0 bridgehead atoms. The fraction of sp³-hybridized carbons (Fsp3) is 0.111. The Kier molecular flexibility index (Phi) is 2.19. The van der Waals surface area contributed by atoms with E-state index in [1.807, 2.05) is 18.6 Å². The molecule has 94 valence electrons. The van der Waals surface area contributed by atoms with Crippen molar-refractivity contribution in [2.24, 2.45) is 7.05 Å². The van der Waals surface area contributed by atoms with E-state index in [9.17, 15) is 0 Å². The molecular weight excluding hydrogens is 284 g/mol. The van der Waals surface area contributed by atoms with Crippen LogP contribution in [0.1, 0.15) is 0 Å². The number of hydrogen-bond donors (Lipinski definition) is 0. The average Bonchev–Trinajstić information content (AvgIpc) is 3.11. The minimum absolute atomic E-state index is 0.675. The standard InChI is InChI=1S/C9H6N8S2/c1-16-3-5(2-10-16)7-12-13-9-17(7)14-8(19-9)6-4-18-15-11-6/h2-4H,1H3. The van der Waals surface area contributed by atoms with Crippen LogP contribution < -0.4 is 0 Å². The molecule has 10 heteroatoms. The van der Waals surface area contributed by atoms with Gasteiger partial charge >= 0.3 is 0 Å². The topological polar surface area (TPSA) is 86.7 Å². The van der Waals surface area contributed by atoms with E-state index in [0.717, 1.165) is 21.2 Å². The Labute approximate surface area is 114 Å². The molecule has 0 radical (unpaired) electrons. The molecule has 0 fully saturated rings. The third-order valence-electron chi connectivity index (χ3n) is 2.53. The van der Waals surface area contributed by atoms with Crippen molar-refractivity contribution in [3.05, 3.63) is 17.8 Å². The first kappa shape index (κ1) is 10.7. The lowest BCUT2D eigenvalue weighted by Crippen LogP contribution is -1.90. The second-order valence-corrected chi connectivity index (χ2v) is 5.38. The first-order valence-corrected chi connectivity index (χ1v) is 6.95. The van der Waals surface area contributed by atoms with Crippen LogP contribution in [0.4, 0.5) is 0 Å². The zero-order valence-electron chi connectivity index (χ0n) is 9.63. The summed E-state index contributed by atoms with van der Waals surface area (Å²) in [4.78, 5) is 0.724. The largest absolute Gasteiger partial charge is 0.275 e. The Morgan fingerprint density at radius 2 is 2.16 bits per heavy atom. The van der Waals surface area contributed by atoms with Gasteiger partial charge in [0.15, 0.2) is 10.8 Å². The number of rotatable bonds is 2. The summed E-state index contributed by atoms with van der Waals surface area (Å²) >= 11 is 2.73. The van der Waals surface area contributed by atoms with Gasteiger partial charge in [-0.05, 0) is 11.5 Å². The van der Waals surface area contributed by atoms with Gasteiger partial charge in [0.1, 0.15) is 5.69 Å². The van der Waals surface area contributed by atoms with E-state index in [1.165, 1.54) is 22.9 Å². The SMILES string of the molecule is Cn1cc(-c2nnc3sc(-c4csnn4)nn23)cn1. The molecule has 0 unspecified atom stereocenters. The molecule has 8 nitrogen and oxygen atoms in total. The van der Waals surface area contributed by atoms with Crippen molar-refractivity contribution in [2.45, 2.75) is 0 Å². The Morgan fingerprint density at radius 1 is 1.21 bits per heavy atom. The highest BCUT2D eigenvalue weighted by Gasteiger charge is 2.16. The Morgan fingerprint density at radius 3 is 2.89 bits per heavy atom. The van der Waals surface area contributed by atoms with Crippen molar-refractivity contribution in [3.63, 3.8) is 0 Å². The fourth-order valence-corrected chi connectivity index (χ4v) is 3.01. The van der Waals surface area contributed by atoms with E-state index in [0.29, 0.717) is 5.82 Å². The quantitative estimate of drug-likeness (QED) is 0.549. The number of fused-ring (bicyclic) bond motifs is 1. The third kappa shape index (κ3) is 1.64. The molecule has 4 aromatic rings. The summed E-state index contributed by atoms with van der Waals surface area (Å²) in [6, 6.07) is 0. The minimum Gasteiger partial charge on any atom is -0.275 e. The lowest BCUT2D eigenvalue weighted by molar-refractivity contribution is 0.768. The Bertz CT molecular complexity index is 839. The van der Waals surface area contributed by atoms with Crippen molar-refractivity contribution in [2.75, 3.05) is 0 Å². The summed E-state index contributed by atoms with van der Waals surface area (Å²) in [6.07, 6.45) is 3.61. The summed E-state index contributed by atoms with van der Waals surface area (Å²) in [5.41, 5.74) is 1.64. The van der Waals surface area contributed by atoms with Crippen LogP contribution >= 0.6 is 22.9 Å². The maximum atomic E-state index is 4.48.